The lowest BCUT2D eigenvalue weighted by Gasteiger charge is -2.16. The standard InChI is InChI=1S/C20H16ClF3N2O2.C2HF3O2/c1-11-7-17(28-10-12-5-6-14(22)8-13(12)9-25)18(21)20(27)26(11)19-15(23)3-2-4-16(19)24;3-2(4,5)1(6)7/h2-8H,9-10,25H2,1H3;(H,6,7). The van der Waals surface area contributed by atoms with E-state index < -0.39 is 40.8 Å². The molecule has 1 aromatic heterocycles. The second-order valence-electron chi connectivity index (χ2n) is 6.88. The number of benzene rings is 2. The molecule has 3 rings (SSSR count). The number of carboxylic acids is 1. The molecule has 0 radical (unpaired) electrons. The SMILES string of the molecule is Cc1cc(OCc2ccc(F)cc2CN)c(Cl)c(=O)n1-c1c(F)cccc1F.O=C(O)C(F)(F)F. The van der Waals surface area contributed by atoms with Gasteiger partial charge in [0.05, 0.1) is 0 Å². The first-order valence-corrected chi connectivity index (χ1v) is 9.92. The van der Waals surface area contributed by atoms with Crippen LogP contribution in [-0.2, 0) is 17.9 Å². The van der Waals surface area contributed by atoms with E-state index >= 15 is 0 Å². The van der Waals surface area contributed by atoms with Crippen LogP contribution < -0.4 is 16.0 Å². The molecule has 6 nitrogen and oxygen atoms in total. The van der Waals surface area contributed by atoms with E-state index in [1.165, 1.54) is 37.3 Å². The summed E-state index contributed by atoms with van der Waals surface area (Å²) in [7, 11) is 0. The Morgan fingerprint density at radius 2 is 1.66 bits per heavy atom. The first-order valence-electron chi connectivity index (χ1n) is 9.54. The number of para-hydroxylation sites is 1. The summed E-state index contributed by atoms with van der Waals surface area (Å²) in [6, 6.07) is 8.78. The molecule has 1 heterocycles. The third-order valence-corrected chi connectivity index (χ3v) is 4.82. The third-order valence-electron chi connectivity index (χ3n) is 4.47. The molecule has 0 spiro atoms. The van der Waals surface area contributed by atoms with Gasteiger partial charge in [-0.25, -0.2) is 18.0 Å². The van der Waals surface area contributed by atoms with Crippen LogP contribution in [0.4, 0.5) is 26.3 Å². The van der Waals surface area contributed by atoms with Crippen LogP contribution in [0, 0.1) is 24.4 Å². The Balaban J connectivity index is 0.000000540. The summed E-state index contributed by atoms with van der Waals surface area (Å²) in [6.45, 7) is 1.60. The fourth-order valence-electron chi connectivity index (χ4n) is 2.85. The highest BCUT2D eigenvalue weighted by atomic mass is 35.5. The van der Waals surface area contributed by atoms with Gasteiger partial charge >= 0.3 is 12.1 Å². The Bertz CT molecular complexity index is 1270. The molecule has 3 N–H and O–H groups in total. The topological polar surface area (TPSA) is 94.5 Å². The number of aromatic nitrogens is 1. The number of ether oxygens (including phenoxy) is 1. The van der Waals surface area contributed by atoms with Crippen molar-refractivity contribution >= 4 is 17.6 Å². The van der Waals surface area contributed by atoms with E-state index in [2.05, 4.69) is 0 Å². The minimum atomic E-state index is -5.08. The smallest absolute Gasteiger partial charge is 0.487 e. The van der Waals surface area contributed by atoms with Crippen molar-refractivity contribution in [2.24, 2.45) is 5.73 Å². The van der Waals surface area contributed by atoms with Crippen molar-refractivity contribution in [2.75, 3.05) is 0 Å². The molecule has 0 atom stereocenters. The van der Waals surface area contributed by atoms with Crippen LogP contribution in [0.5, 0.6) is 5.75 Å². The van der Waals surface area contributed by atoms with E-state index in [0.29, 0.717) is 11.1 Å². The Morgan fingerprint density at radius 3 is 2.17 bits per heavy atom. The summed E-state index contributed by atoms with van der Waals surface area (Å²) in [5.74, 6) is -4.92. The van der Waals surface area contributed by atoms with Crippen LogP contribution in [0.25, 0.3) is 5.69 Å². The van der Waals surface area contributed by atoms with E-state index in [1.807, 2.05) is 0 Å². The molecule has 35 heavy (non-hydrogen) atoms. The second kappa shape index (κ2) is 11.3. The minimum absolute atomic E-state index is 0.0104. The Hall–Kier alpha value is -3.51. The fraction of sp³-hybridized carbons (Fsp3) is 0.182. The van der Waals surface area contributed by atoms with E-state index in [-0.39, 0.29) is 29.6 Å². The lowest BCUT2D eigenvalue weighted by Crippen LogP contribution is -2.23. The van der Waals surface area contributed by atoms with Crippen LogP contribution in [0.15, 0.2) is 47.3 Å². The van der Waals surface area contributed by atoms with Crippen molar-refractivity contribution in [3.8, 4) is 11.4 Å². The zero-order chi connectivity index (χ0) is 26.5. The normalized spacial score (nSPS) is 11.0. The molecule has 3 aromatic rings. The molecular formula is C22H17ClF6N2O4. The number of carbonyl (C=O) groups is 1. The number of alkyl halides is 3. The Morgan fingerprint density at radius 1 is 1.09 bits per heavy atom. The van der Waals surface area contributed by atoms with Gasteiger partial charge in [0.15, 0.2) is 0 Å². The van der Waals surface area contributed by atoms with Crippen molar-refractivity contribution < 1.29 is 41.0 Å². The van der Waals surface area contributed by atoms with Crippen molar-refractivity contribution in [2.45, 2.75) is 26.3 Å². The van der Waals surface area contributed by atoms with E-state index in [4.69, 9.17) is 32.0 Å². The average molecular weight is 523 g/mol. The van der Waals surface area contributed by atoms with Crippen molar-refractivity contribution in [3.63, 3.8) is 0 Å². The minimum Gasteiger partial charge on any atom is -0.487 e. The van der Waals surface area contributed by atoms with Crippen LogP contribution in [-0.4, -0.2) is 21.8 Å². The monoisotopic (exact) mass is 522 g/mol. The third kappa shape index (κ3) is 6.76. The number of aryl methyl sites for hydroxylation is 1. The fourth-order valence-corrected chi connectivity index (χ4v) is 3.04. The Kier molecular flexibility index (Phi) is 8.94. The largest absolute Gasteiger partial charge is 0.490 e. The highest BCUT2D eigenvalue weighted by Crippen LogP contribution is 2.26. The lowest BCUT2D eigenvalue weighted by molar-refractivity contribution is -0.192. The predicted octanol–water partition coefficient (Wildman–Crippen LogP) is 4.89. The van der Waals surface area contributed by atoms with Gasteiger partial charge in [0.2, 0.25) is 0 Å². The number of aliphatic carboxylic acids is 1. The summed E-state index contributed by atoms with van der Waals surface area (Å²) in [4.78, 5) is 21.5. The molecule has 0 saturated heterocycles. The van der Waals surface area contributed by atoms with E-state index in [1.54, 1.807) is 0 Å². The molecule has 0 unspecified atom stereocenters. The first kappa shape index (κ1) is 27.7. The molecule has 0 bridgehead atoms. The Labute approximate surface area is 199 Å². The van der Waals surface area contributed by atoms with Crippen molar-refractivity contribution in [3.05, 3.63) is 92.1 Å². The molecule has 0 saturated carbocycles. The van der Waals surface area contributed by atoms with Crippen molar-refractivity contribution in [1.82, 2.24) is 4.57 Å². The van der Waals surface area contributed by atoms with Gasteiger partial charge in [-0.2, -0.15) is 13.2 Å². The van der Waals surface area contributed by atoms with Gasteiger partial charge < -0.3 is 15.6 Å². The molecule has 0 aliphatic carbocycles. The van der Waals surface area contributed by atoms with Crippen LogP contribution in [0.2, 0.25) is 5.02 Å². The molecule has 2 aromatic carbocycles. The summed E-state index contributed by atoms with van der Waals surface area (Å²) < 4.78 is 79.7. The molecule has 0 amide bonds. The number of nitrogens with two attached hydrogens (primary N) is 1. The van der Waals surface area contributed by atoms with Crippen molar-refractivity contribution in [1.29, 1.82) is 0 Å². The number of pyridine rings is 1. The van der Waals surface area contributed by atoms with Gasteiger partial charge in [-0.05, 0) is 42.3 Å². The maximum atomic E-state index is 14.1. The van der Waals surface area contributed by atoms with E-state index in [9.17, 15) is 31.1 Å². The quantitative estimate of drug-likeness (QED) is 0.465. The number of hydrogen-bond acceptors (Lipinski definition) is 4. The molecular weight excluding hydrogens is 506 g/mol. The molecule has 13 heteroatoms. The van der Waals surface area contributed by atoms with Gasteiger partial charge in [-0.15, -0.1) is 0 Å². The lowest BCUT2D eigenvalue weighted by atomic mass is 10.1. The summed E-state index contributed by atoms with van der Waals surface area (Å²) in [5, 5.41) is 6.80. The van der Waals surface area contributed by atoms with Gasteiger partial charge in [-0.1, -0.05) is 23.7 Å². The highest BCUT2D eigenvalue weighted by Gasteiger charge is 2.38. The molecule has 0 aliphatic heterocycles. The number of rotatable bonds is 5. The number of nitrogens with zero attached hydrogens (tertiary/aromatic N) is 1. The maximum Gasteiger partial charge on any atom is 0.490 e. The van der Waals surface area contributed by atoms with E-state index in [0.717, 1.165) is 16.7 Å². The summed E-state index contributed by atoms with van der Waals surface area (Å²) in [5.41, 5.74) is 5.68. The summed E-state index contributed by atoms with van der Waals surface area (Å²) in [6.07, 6.45) is -5.08. The van der Waals surface area contributed by atoms with Crippen LogP contribution >= 0.6 is 11.6 Å². The second-order valence-corrected chi connectivity index (χ2v) is 7.26. The number of hydrogen-bond donors (Lipinski definition) is 2. The molecule has 0 fully saturated rings. The average Bonchev–Trinajstić information content (AvgIpc) is 2.77. The zero-order valence-corrected chi connectivity index (χ0v) is 18.6. The predicted molar refractivity (Wildman–Crippen MR) is 114 cm³/mol. The number of halogens is 7. The summed E-state index contributed by atoms with van der Waals surface area (Å²) >= 11 is 6.10. The van der Waals surface area contributed by atoms with Gasteiger partial charge in [-0.3, -0.25) is 9.36 Å². The van der Waals surface area contributed by atoms with Crippen LogP contribution in [0.3, 0.4) is 0 Å². The maximum absolute atomic E-state index is 14.1. The molecule has 188 valence electrons. The first-order chi connectivity index (χ1) is 16.3. The zero-order valence-electron chi connectivity index (χ0n) is 17.8. The number of carboxylic acid groups (broad SMARTS) is 1. The van der Waals surface area contributed by atoms with Gasteiger partial charge in [0, 0.05) is 18.3 Å². The van der Waals surface area contributed by atoms with Crippen LogP contribution in [0.1, 0.15) is 16.8 Å². The van der Waals surface area contributed by atoms with Gasteiger partial charge in [0.1, 0.15) is 40.5 Å². The van der Waals surface area contributed by atoms with Gasteiger partial charge in [0.25, 0.3) is 5.56 Å². The highest BCUT2D eigenvalue weighted by molar-refractivity contribution is 6.31. The molecule has 0 aliphatic rings.